The summed E-state index contributed by atoms with van der Waals surface area (Å²) in [6.07, 6.45) is 5.70. The molecule has 0 aromatic carbocycles. The lowest BCUT2D eigenvalue weighted by Crippen LogP contribution is -2.21. The van der Waals surface area contributed by atoms with Crippen molar-refractivity contribution in [1.29, 1.82) is 0 Å². The lowest BCUT2D eigenvalue weighted by molar-refractivity contribution is 0.340. The number of hydrogen-bond acceptors (Lipinski definition) is 3. The topological polar surface area (TPSA) is 25.2 Å². The first-order chi connectivity index (χ1) is 7.40. The first-order valence-electron chi connectivity index (χ1n) is 5.68. The van der Waals surface area contributed by atoms with E-state index in [0.717, 1.165) is 11.7 Å². The lowest BCUT2D eigenvalue weighted by Gasteiger charge is -2.25. The van der Waals surface area contributed by atoms with Crippen LogP contribution >= 0.6 is 11.8 Å². The zero-order valence-electron chi connectivity index (χ0n) is 9.24. The van der Waals surface area contributed by atoms with Crippen LogP contribution in [0.5, 0.6) is 0 Å². The maximum Gasteiger partial charge on any atom is 0.120 e. The molecule has 0 amide bonds. The standard InChI is InChI=1S/C12H19NOS/c1-13-11(12-3-2-6-14-12)9-10-4-7-15-8-5-10/h2-3,6,10-11,13H,4-5,7-9H2,1H3. The highest BCUT2D eigenvalue weighted by atomic mass is 32.2. The summed E-state index contributed by atoms with van der Waals surface area (Å²) in [6.45, 7) is 0. The van der Waals surface area contributed by atoms with E-state index in [1.165, 1.54) is 30.8 Å². The van der Waals surface area contributed by atoms with E-state index in [0.29, 0.717) is 6.04 Å². The minimum Gasteiger partial charge on any atom is -0.468 e. The van der Waals surface area contributed by atoms with E-state index in [-0.39, 0.29) is 0 Å². The third kappa shape index (κ3) is 3.02. The molecule has 84 valence electrons. The Kier molecular flexibility index (Phi) is 4.15. The lowest BCUT2D eigenvalue weighted by atomic mass is 9.93. The first kappa shape index (κ1) is 11.1. The third-order valence-electron chi connectivity index (χ3n) is 3.14. The molecule has 2 rings (SSSR count). The van der Waals surface area contributed by atoms with Crippen LogP contribution in [0.2, 0.25) is 0 Å². The molecule has 0 bridgehead atoms. The Labute approximate surface area is 95.8 Å². The van der Waals surface area contributed by atoms with Gasteiger partial charge in [0.15, 0.2) is 0 Å². The van der Waals surface area contributed by atoms with Gasteiger partial charge in [-0.2, -0.15) is 11.8 Å². The summed E-state index contributed by atoms with van der Waals surface area (Å²) < 4.78 is 5.46. The normalized spacial score (nSPS) is 20.3. The quantitative estimate of drug-likeness (QED) is 0.852. The SMILES string of the molecule is CNC(CC1CCSCC1)c1ccco1. The van der Waals surface area contributed by atoms with Crippen LogP contribution in [0, 0.1) is 5.92 Å². The van der Waals surface area contributed by atoms with E-state index in [4.69, 9.17) is 4.42 Å². The van der Waals surface area contributed by atoms with Crippen molar-refractivity contribution >= 4 is 11.8 Å². The number of nitrogens with one attached hydrogen (secondary N) is 1. The Morgan fingerprint density at radius 3 is 2.93 bits per heavy atom. The van der Waals surface area contributed by atoms with Gasteiger partial charge in [0.1, 0.15) is 5.76 Å². The highest BCUT2D eigenvalue weighted by Gasteiger charge is 2.20. The van der Waals surface area contributed by atoms with Crippen LogP contribution < -0.4 is 5.32 Å². The highest BCUT2D eigenvalue weighted by Crippen LogP contribution is 2.30. The zero-order chi connectivity index (χ0) is 10.5. The van der Waals surface area contributed by atoms with Gasteiger partial charge in [0, 0.05) is 0 Å². The Morgan fingerprint density at radius 2 is 2.33 bits per heavy atom. The van der Waals surface area contributed by atoms with Crippen molar-refractivity contribution in [2.45, 2.75) is 25.3 Å². The molecule has 1 fully saturated rings. The molecule has 3 heteroatoms. The van der Waals surface area contributed by atoms with Gasteiger partial charge < -0.3 is 9.73 Å². The van der Waals surface area contributed by atoms with E-state index >= 15 is 0 Å². The Morgan fingerprint density at radius 1 is 1.53 bits per heavy atom. The predicted molar refractivity (Wildman–Crippen MR) is 65.2 cm³/mol. The molecule has 2 heterocycles. The molecule has 1 aliphatic heterocycles. The second-order valence-corrected chi connectivity index (χ2v) is 5.37. The van der Waals surface area contributed by atoms with Crippen molar-refractivity contribution in [2.24, 2.45) is 5.92 Å². The van der Waals surface area contributed by atoms with Gasteiger partial charge in [0.2, 0.25) is 0 Å². The van der Waals surface area contributed by atoms with Gasteiger partial charge >= 0.3 is 0 Å². The summed E-state index contributed by atoms with van der Waals surface area (Å²) >= 11 is 2.09. The summed E-state index contributed by atoms with van der Waals surface area (Å²) in [5.41, 5.74) is 0. The van der Waals surface area contributed by atoms with Gasteiger partial charge in [-0.1, -0.05) is 0 Å². The van der Waals surface area contributed by atoms with E-state index in [9.17, 15) is 0 Å². The highest BCUT2D eigenvalue weighted by molar-refractivity contribution is 7.99. The van der Waals surface area contributed by atoms with Gasteiger partial charge in [-0.25, -0.2) is 0 Å². The summed E-state index contributed by atoms with van der Waals surface area (Å²) in [5.74, 6) is 4.61. The molecule has 1 saturated heterocycles. The molecule has 1 aromatic rings. The van der Waals surface area contributed by atoms with E-state index in [1.54, 1.807) is 6.26 Å². The average Bonchev–Trinajstić information content (AvgIpc) is 2.81. The summed E-state index contributed by atoms with van der Waals surface area (Å²) in [5, 5.41) is 3.35. The van der Waals surface area contributed by atoms with E-state index in [2.05, 4.69) is 23.1 Å². The molecule has 0 spiro atoms. The molecule has 1 atom stereocenters. The fourth-order valence-electron chi connectivity index (χ4n) is 2.18. The van der Waals surface area contributed by atoms with Crippen molar-refractivity contribution in [3.05, 3.63) is 24.2 Å². The number of furan rings is 1. The molecule has 0 aliphatic carbocycles. The van der Waals surface area contributed by atoms with Crippen LogP contribution in [0.25, 0.3) is 0 Å². The van der Waals surface area contributed by atoms with Crippen molar-refractivity contribution in [1.82, 2.24) is 5.32 Å². The largest absolute Gasteiger partial charge is 0.468 e. The summed E-state index contributed by atoms with van der Waals surface area (Å²) in [7, 11) is 2.02. The van der Waals surface area contributed by atoms with E-state index < -0.39 is 0 Å². The van der Waals surface area contributed by atoms with Crippen molar-refractivity contribution in [3.8, 4) is 0 Å². The van der Waals surface area contributed by atoms with Crippen LogP contribution in [-0.4, -0.2) is 18.6 Å². The molecule has 0 radical (unpaired) electrons. The second kappa shape index (κ2) is 5.61. The molecular weight excluding hydrogens is 206 g/mol. The summed E-state index contributed by atoms with van der Waals surface area (Å²) in [6, 6.07) is 4.43. The third-order valence-corrected chi connectivity index (χ3v) is 4.19. The van der Waals surface area contributed by atoms with Gasteiger partial charge in [-0.3, -0.25) is 0 Å². The Hall–Kier alpha value is -0.410. The molecule has 1 unspecified atom stereocenters. The zero-order valence-corrected chi connectivity index (χ0v) is 10.1. The first-order valence-corrected chi connectivity index (χ1v) is 6.84. The second-order valence-electron chi connectivity index (χ2n) is 4.15. The van der Waals surface area contributed by atoms with Crippen LogP contribution in [0.15, 0.2) is 22.8 Å². The van der Waals surface area contributed by atoms with Crippen LogP contribution in [0.1, 0.15) is 31.1 Å². The number of thioether (sulfide) groups is 1. The minimum absolute atomic E-state index is 0.396. The van der Waals surface area contributed by atoms with E-state index in [1.807, 2.05) is 13.1 Å². The maximum atomic E-state index is 5.46. The smallest absolute Gasteiger partial charge is 0.120 e. The molecule has 1 aromatic heterocycles. The fourth-order valence-corrected chi connectivity index (χ4v) is 3.39. The van der Waals surface area contributed by atoms with Crippen molar-refractivity contribution in [2.75, 3.05) is 18.6 Å². The number of rotatable bonds is 4. The maximum absolute atomic E-state index is 5.46. The average molecular weight is 225 g/mol. The van der Waals surface area contributed by atoms with Gasteiger partial charge in [-0.05, 0) is 55.9 Å². The molecule has 2 nitrogen and oxygen atoms in total. The number of hydrogen-bond donors (Lipinski definition) is 1. The molecule has 1 N–H and O–H groups in total. The Bertz CT molecular complexity index is 267. The monoisotopic (exact) mass is 225 g/mol. The van der Waals surface area contributed by atoms with Crippen LogP contribution in [-0.2, 0) is 0 Å². The van der Waals surface area contributed by atoms with Gasteiger partial charge in [-0.15, -0.1) is 0 Å². The molecule has 15 heavy (non-hydrogen) atoms. The van der Waals surface area contributed by atoms with Crippen LogP contribution in [0.3, 0.4) is 0 Å². The Balaban J connectivity index is 1.90. The van der Waals surface area contributed by atoms with Crippen molar-refractivity contribution < 1.29 is 4.42 Å². The fraction of sp³-hybridized carbons (Fsp3) is 0.667. The summed E-state index contributed by atoms with van der Waals surface area (Å²) in [4.78, 5) is 0. The van der Waals surface area contributed by atoms with Crippen molar-refractivity contribution in [3.63, 3.8) is 0 Å². The molecule has 1 aliphatic rings. The minimum atomic E-state index is 0.396. The van der Waals surface area contributed by atoms with Gasteiger partial charge in [0.05, 0.1) is 12.3 Å². The molecule has 0 saturated carbocycles. The van der Waals surface area contributed by atoms with Gasteiger partial charge in [0.25, 0.3) is 0 Å². The van der Waals surface area contributed by atoms with Crippen LogP contribution in [0.4, 0.5) is 0 Å². The predicted octanol–water partition coefficient (Wildman–Crippen LogP) is 3.07. The molecular formula is C12H19NOS.